The minimum absolute atomic E-state index is 0.375. The molecule has 82 valence electrons. The van der Waals surface area contributed by atoms with Crippen molar-refractivity contribution < 1.29 is 4.74 Å². The molecule has 0 radical (unpaired) electrons. The minimum atomic E-state index is 0.375. The zero-order chi connectivity index (χ0) is 10.7. The Kier molecular flexibility index (Phi) is 3.21. The molecule has 15 heavy (non-hydrogen) atoms. The van der Waals surface area contributed by atoms with Gasteiger partial charge in [0.05, 0.1) is 18.0 Å². The molecule has 0 N–H and O–H groups in total. The van der Waals surface area contributed by atoms with Crippen LogP contribution in [-0.2, 0) is 4.74 Å². The maximum atomic E-state index is 5.40. The quantitative estimate of drug-likeness (QED) is 0.740. The Morgan fingerprint density at radius 3 is 3.00 bits per heavy atom. The first-order valence-corrected chi connectivity index (χ1v) is 5.50. The van der Waals surface area contributed by atoms with Crippen molar-refractivity contribution in [1.29, 1.82) is 0 Å². The Morgan fingerprint density at radius 2 is 2.33 bits per heavy atom. The molecular weight excluding hydrogens is 188 g/mol. The van der Waals surface area contributed by atoms with Crippen LogP contribution in [-0.4, -0.2) is 31.3 Å². The Morgan fingerprint density at radius 1 is 1.47 bits per heavy atom. The van der Waals surface area contributed by atoms with E-state index >= 15 is 0 Å². The Labute approximate surface area is 91.1 Å². The third-order valence-corrected chi connectivity index (χ3v) is 2.97. The van der Waals surface area contributed by atoms with Gasteiger partial charge in [-0.2, -0.15) is 0 Å². The molecule has 0 amide bonds. The van der Waals surface area contributed by atoms with Gasteiger partial charge in [-0.25, -0.2) is 0 Å². The maximum Gasteiger partial charge on any atom is 0.0746 e. The maximum absolute atomic E-state index is 5.40. The van der Waals surface area contributed by atoms with Crippen LogP contribution < -0.4 is 4.90 Å². The van der Waals surface area contributed by atoms with E-state index in [9.17, 15) is 0 Å². The van der Waals surface area contributed by atoms with E-state index in [0.29, 0.717) is 6.10 Å². The zero-order valence-corrected chi connectivity index (χ0v) is 9.44. The van der Waals surface area contributed by atoms with E-state index in [1.165, 1.54) is 18.5 Å². The van der Waals surface area contributed by atoms with Crippen LogP contribution >= 0.6 is 0 Å². The number of nitrogens with zero attached hydrogens (tertiary/aromatic N) is 2. The topological polar surface area (TPSA) is 25.4 Å². The molecule has 3 nitrogen and oxygen atoms in total. The summed E-state index contributed by atoms with van der Waals surface area (Å²) in [7, 11) is 1.79. The molecule has 1 fully saturated rings. The van der Waals surface area contributed by atoms with Gasteiger partial charge in [-0.15, -0.1) is 0 Å². The highest BCUT2D eigenvalue weighted by Gasteiger charge is 2.19. The molecule has 0 bridgehead atoms. The molecule has 0 saturated carbocycles. The largest absolute Gasteiger partial charge is 0.380 e. The van der Waals surface area contributed by atoms with Crippen molar-refractivity contribution in [3.05, 3.63) is 24.0 Å². The van der Waals surface area contributed by atoms with Crippen molar-refractivity contribution in [2.75, 3.05) is 25.1 Å². The SMILES string of the molecule is CO[C@@H]1CCCN(c2ccc(C)nc2)C1. The molecule has 0 aromatic carbocycles. The molecule has 2 heterocycles. The van der Waals surface area contributed by atoms with Gasteiger partial charge < -0.3 is 9.64 Å². The van der Waals surface area contributed by atoms with E-state index in [4.69, 9.17) is 4.74 Å². The van der Waals surface area contributed by atoms with Crippen molar-refractivity contribution in [1.82, 2.24) is 4.98 Å². The highest BCUT2D eigenvalue weighted by atomic mass is 16.5. The lowest BCUT2D eigenvalue weighted by atomic mass is 10.1. The van der Waals surface area contributed by atoms with Crippen LogP contribution in [0.4, 0.5) is 5.69 Å². The van der Waals surface area contributed by atoms with Crippen molar-refractivity contribution in [2.45, 2.75) is 25.9 Å². The van der Waals surface area contributed by atoms with Gasteiger partial charge >= 0.3 is 0 Å². The van der Waals surface area contributed by atoms with E-state index in [1.54, 1.807) is 7.11 Å². The second kappa shape index (κ2) is 4.62. The van der Waals surface area contributed by atoms with E-state index in [2.05, 4.69) is 22.0 Å². The molecule has 1 aromatic rings. The van der Waals surface area contributed by atoms with Gasteiger partial charge in [0, 0.05) is 25.9 Å². The third-order valence-electron chi connectivity index (χ3n) is 2.97. The molecule has 1 aromatic heterocycles. The van der Waals surface area contributed by atoms with Crippen molar-refractivity contribution in [2.24, 2.45) is 0 Å². The summed E-state index contributed by atoms with van der Waals surface area (Å²) in [5.41, 5.74) is 2.28. The van der Waals surface area contributed by atoms with Crippen LogP contribution in [0.25, 0.3) is 0 Å². The zero-order valence-electron chi connectivity index (χ0n) is 9.44. The number of aryl methyl sites for hydroxylation is 1. The summed E-state index contributed by atoms with van der Waals surface area (Å²) in [6.07, 6.45) is 4.70. The van der Waals surface area contributed by atoms with Gasteiger partial charge in [0.1, 0.15) is 0 Å². The lowest BCUT2D eigenvalue weighted by Gasteiger charge is -2.33. The number of methoxy groups -OCH3 is 1. The smallest absolute Gasteiger partial charge is 0.0746 e. The summed E-state index contributed by atoms with van der Waals surface area (Å²) in [5.74, 6) is 0. The number of pyridine rings is 1. The standard InChI is InChI=1S/C12H18N2O/c1-10-5-6-11(8-13-10)14-7-3-4-12(9-14)15-2/h5-6,8,12H,3-4,7,9H2,1-2H3/t12-/m1/s1. The first-order chi connectivity index (χ1) is 7.29. The molecule has 1 atom stereocenters. The number of rotatable bonds is 2. The number of hydrogen-bond donors (Lipinski definition) is 0. The van der Waals surface area contributed by atoms with Crippen molar-refractivity contribution in [3.63, 3.8) is 0 Å². The van der Waals surface area contributed by atoms with Crippen molar-refractivity contribution in [3.8, 4) is 0 Å². The number of ether oxygens (including phenoxy) is 1. The summed E-state index contributed by atoms with van der Waals surface area (Å²) in [6, 6.07) is 4.20. The lowest BCUT2D eigenvalue weighted by Crippen LogP contribution is -2.39. The highest BCUT2D eigenvalue weighted by Crippen LogP contribution is 2.20. The summed E-state index contributed by atoms with van der Waals surface area (Å²) in [6.45, 7) is 4.11. The predicted molar refractivity (Wildman–Crippen MR) is 61.2 cm³/mol. The van der Waals surface area contributed by atoms with Gasteiger partial charge in [0.15, 0.2) is 0 Å². The fraction of sp³-hybridized carbons (Fsp3) is 0.583. The second-order valence-electron chi connectivity index (χ2n) is 4.10. The van der Waals surface area contributed by atoms with Crippen LogP contribution in [0.1, 0.15) is 18.5 Å². The number of piperidine rings is 1. The van der Waals surface area contributed by atoms with Gasteiger partial charge in [-0.05, 0) is 31.9 Å². The minimum Gasteiger partial charge on any atom is -0.380 e. The summed E-state index contributed by atoms with van der Waals surface area (Å²) in [5, 5.41) is 0. The van der Waals surface area contributed by atoms with Crippen LogP contribution in [0, 0.1) is 6.92 Å². The first-order valence-electron chi connectivity index (χ1n) is 5.50. The van der Waals surface area contributed by atoms with E-state index in [-0.39, 0.29) is 0 Å². The predicted octanol–water partition coefficient (Wildman–Crippen LogP) is 2.01. The number of hydrogen-bond acceptors (Lipinski definition) is 3. The van der Waals surface area contributed by atoms with E-state index < -0.39 is 0 Å². The first kappa shape index (κ1) is 10.4. The summed E-state index contributed by atoms with van der Waals surface area (Å²) >= 11 is 0. The van der Waals surface area contributed by atoms with Crippen LogP contribution in [0.3, 0.4) is 0 Å². The fourth-order valence-corrected chi connectivity index (χ4v) is 2.01. The molecule has 3 heteroatoms. The van der Waals surface area contributed by atoms with Gasteiger partial charge in [0.2, 0.25) is 0 Å². The number of anilines is 1. The Balaban J connectivity index is 2.06. The monoisotopic (exact) mass is 206 g/mol. The molecular formula is C12H18N2O. The molecule has 0 unspecified atom stereocenters. The normalized spacial score (nSPS) is 21.7. The fourth-order valence-electron chi connectivity index (χ4n) is 2.01. The molecule has 0 aliphatic carbocycles. The Bertz CT molecular complexity index is 310. The molecule has 1 saturated heterocycles. The average molecular weight is 206 g/mol. The lowest BCUT2D eigenvalue weighted by molar-refractivity contribution is 0.0893. The van der Waals surface area contributed by atoms with E-state index in [1.807, 2.05) is 13.1 Å². The van der Waals surface area contributed by atoms with Crippen LogP contribution in [0.15, 0.2) is 18.3 Å². The van der Waals surface area contributed by atoms with Crippen LogP contribution in [0.2, 0.25) is 0 Å². The average Bonchev–Trinajstić information content (AvgIpc) is 2.30. The van der Waals surface area contributed by atoms with Gasteiger partial charge in [0.25, 0.3) is 0 Å². The van der Waals surface area contributed by atoms with Gasteiger partial charge in [-0.3, -0.25) is 4.98 Å². The summed E-state index contributed by atoms with van der Waals surface area (Å²) < 4.78 is 5.40. The molecule has 1 aliphatic rings. The van der Waals surface area contributed by atoms with Crippen LogP contribution in [0.5, 0.6) is 0 Å². The van der Waals surface area contributed by atoms with Crippen molar-refractivity contribution >= 4 is 5.69 Å². The molecule has 1 aliphatic heterocycles. The van der Waals surface area contributed by atoms with Gasteiger partial charge in [-0.1, -0.05) is 0 Å². The third kappa shape index (κ3) is 2.48. The molecule has 2 rings (SSSR count). The Hall–Kier alpha value is -1.09. The second-order valence-corrected chi connectivity index (χ2v) is 4.10. The summed E-state index contributed by atoms with van der Waals surface area (Å²) in [4.78, 5) is 6.67. The van der Waals surface area contributed by atoms with E-state index in [0.717, 1.165) is 18.8 Å². The number of aromatic nitrogens is 1. The molecule has 0 spiro atoms. The highest BCUT2D eigenvalue weighted by molar-refractivity contribution is 5.45.